The third kappa shape index (κ3) is 8.37. The van der Waals surface area contributed by atoms with Crippen LogP contribution in [0.2, 0.25) is 0 Å². The summed E-state index contributed by atoms with van der Waals surface area (Å²) in [5.41, 5.74) is 0. The van der Waals surface area contributed by atoms with Crippen LogP contribution in [0.3, 0.4) is 0 Å². The van der Waals surface area contributed by atoms with Crippen LogP contribution in [0.4, 0.5) is 4.79 Å². The second kappa shape index (κ2) is 9.26. The summed E-state index contributed by atoms with van der Waals surface area (Å²) in [4.78, 5) is 34.3. The number of likely N-dealkylation sites (N-methyl/N-ethyl adjacent to an activating group) is 1. The van der Waals surface area contributed by atoms with Gasteiger partial charge in [0.25, 0.3) is 0 Å². The van der Waals surface area contributed by atoms with E-state index in [0.717, 1.165) is 0 Å². The molecule has 0 spiro atoms. The number of hydrogen-bond donors (Lipinski definition) is 3. The summed E-state index contributed by atoms with van der Waals surface area (Å²) in [7, 11) is 1.66. The second-order valence-corrected chi connectivity index (χ2v) is 3.87. The Balaban J connectivity index is 3.54. The molecule has 0 radical (unpaired) electrons. The highest BCUT2D eigenvalue weighted by Crippen LogP contribution is 1.93. The van der Waals surface area contributed by atoms with Crippen LogP contribution in [0.15, 0.2) is 0 Å². The van der Waals surface area contributed by atoms with E-state index in [-0.39, 0.29) is 18.9 Å². The molecule has 0 aromatic rings. The molecule has 3 N–H and O–H groups in total. The molecular formula is C11H21N3O4. The fraction of sp³-hybridized carbons (Fsp3) is 0.727. The SMILES string of the molecule is CCN(C)C(=O)CNC(=O)NCCCCC(=O)O. The first-order valence-electron chi connectivity index (χ1n) is 5.94. The van der Waals surface area contributed by atoms with Crippen LogP contribution in [-0.4, -0.2) is 54.6 Å². The Hall–Kier alpha value is -1.79. The standard InChI is InChI=1S/C11H21N3O4/c1-3-14(2)9(15)8-13-11(18)12-7-5-4-6-10(16)17/h3-8H2,1-2H3,(H,16,17)(H2,12,13,18). The number of hydrogen-bond acceptors (Lipinski definition) is 3. The maximum Gasteiger partial charge on any atom is 0.315 e. The third-order valence-corrected chi connectivity index (χ3v) is 2.40. The molecule has 0 aromatic carbocycles. The van der Waals surface area contributed by atoms with Crippen molar-refractivity contribution in [3.8, 4) is 0 Å². The van der Waals surface area contributed by atoms with Crippen LogP contribution in [-0.2, 0) is 9.59 Å². The van der Waals surface area contributed by atoms with E-state index in [4.69, 9.17) is 5.11 Å². The molecule has 7 nitrogen and oxygen atoms in total. The highest BCUT2D eigenvalue weighted by Gasteiger charge is 2.07. The third-order valence-electron chi connectivity index (χ3n) is 2.40. The van der Waals surface area contributed by atoms with Crippen molar-refractivity contribution in [1.82, 2.24) is 15.5 Å². The van der Waals surface area contributed by atoms with Gasteiger partial charge in [0, 0.05) is 26.6 Å². The Kier molecular flexibility index (Phi) is 8.34. The molecule has 18 heavy (non-hydrogen) atoms. The van der Waals surface area contributed by atoms with Gasteiger partial charge in [0.05, 0.1) is 6.54 Å². The molecule has 0 aliphatic carbocycles. The summed E-state index contributed by atoms with van der Waals surface area (Å²) in [5.74, 6) is -0.994. The number of nitrogens with zero attached hydrogens (tertiary/aromatic N) is 1. The Morgan fingerprint density at radius 3 is 2.39 bits per heavy atom. The lowest BCUT2D eigenvalue weighted by molar-refractivity contribution is -0.137. The molecule has 0 rings (SSSR count). The molecule has 0 saturated heterocycles. The molecule has 104 valence electrons. The number of carbonyl (C=O) groups is 3. The zero-order valence-corrected chi connectivity index (χ0v) is 10.9. The summed E-state index contributed by atoms with van der Waals surface area (Å²) in [5, 5.41) is 13.4. The van der Waals surface area contributed by atoms with E-state index in [2.05, 4.69) is 10.6 Å². The van der Waals surface area contributed by atoms with Crippen molar-refractivity contribution in [2.75, 3.05) is 26.7 Å². The minimum absolute atomic E-state index is 0.0364. The first kappa shape index (κ1) is 16.2. The fourth-order valence-electron chi connectivity index (χ4n) is 1.13. The zero-order chi connectivity index (χ0) is 14.0. The zero-order valence-electron chi connectivity index (χ0n) is 10.9. The van der Waals surface area contributed by atoms with Crippen molar-refractivity contribution < 1.29 is 19.5 Å². The molecule has 0 unspecified atom stereocenters. The minimum Gasteiger partial charge on any atom is -0.481 e. The molecule has 0 heterocycles. The van der Waals surface area contributed by atoms with Crippen molar-refractivity contribution in [2.24, 2.45) is 0 Å². The number of carboxylic acids is 1. The fourth-order valence-corrected chi connectivity index (χ4v) is 1.13. The van der Waals surface area contributed by atoms with Gasteiger partial charge in [0.2, 0.25) is 5.91 Å². The van der Waals surface area contributed by atoms with E-state index in [1.807, 2.05) is 6.92 Å². The highest BCUT2D eigenvalue weighted by molar-refractivity contribution is 5.83. The first-order valence-corrected chi connectivity index (χ1v) is 5.94. The van der Waals surface area contributed by atoms with E-state index in [9.17, 15) is 14.4 Å². The van der Waals surface area contributed by atoms with Gasteiger partial charge >= 0.3 is 12.0 Å². The van der Waals surface area contributed by atoms with Crippen molar-refractivity contribution in [3.05, 3.63) is 0 Å². The van der Waals surface area contributed by atoms with Gasteiger partial charge in [0.1, 0.15) is 0 Å². The van der Waals surface area contributed by atoms with E-state index in [1.54, 1.807) is 7.05 Å². The lowest BCUT2D eigenvalue weighted by Crippen LogP contribution is -2.42. The van der Waals surface area contributed by atoms with Crippen molar-refractivity contribution in [3.63, 3.8) is 0 Å². The largest absolute Gasteiger partial charge is 0.481 e. The number of carbonyl (C=O) groups excluding carboxylic acids is 2. The summed E-state index contributed by atoms with van der Waals surface area (Å²) in [6.07, 6.45) is 1.22. The highest BCUT2D eigenvalue weighted by atomic mass is 16.4. The van der Waals surface area contributed by atoms with Crippen LogP contribution >= 0.6 is 0 Å². The van der Waals surface area contributed by atoms with E-state index in [1.165, 1.54) is 4.90 Å². The Bertz CT molecular complexity index is 294. The van der Waals surface area contributed by atoms with E-state index < -0.39 is 12.0 Å². The maximum atomic E-state index is 11.3. The van der Waals surface area contributed by atoms with Gasteiger partial charge in [-0.1, -0.05) is 0 Å². The molecule has 0 fully saturated rings. The average Bonchev–Trinajstić information content (AvgIpc) is 2.34. The second-order valence-electron chi connectivity index (χ2n) is 3.87. The molecule has 0 aliphatic heterocycles. The Labute approximate surface area is 107 Å². The lowest BCUT2D eigenvalue weighted by atomic mass is 10.2. The molecule has 0 bridgehead atoms. The average molecular weight is 259 g/mol. The Morgan fingerprint density at radius 2 is 1.83 bits per heavy atom. The van der Waals surface area contributed by atoms with Gasteiger partial charge in [-0.05, 0) is 19.8 Å². The van der Waals surface area contributed by atoms with Gasteiger partial charge in [-0.3, -0.25) is 9.59 Å². The van der Waals surface area contributed by atoms with Crippen LogP contribution in [0.1, 0.15) is 26.2 Å². The predicted molar refractivity (Wildman–Crippen MR) is 66.2 cm³/mol. The van der Waals surface area contributed by atoms with Crippen molar-refractivity contribution in [2.45, 2.75) is 26.2 Å². The van der Waals surface area contributed by atoms with Gasteiger partial charge < -0.3 is 20.6 Å². The van der Waals surface area contributed by atoms with Crippen molar-refractivity contribution >= 4 is 17.9 Å². The monoisotopic (exact) mass is 259 g/mol. The van der Waals surface area contributed by atoms with E-state index in [0.29, 0.717) is 25.9 Å². The normalized spacial score (nSPS) is 9.67. The van der Waals surface area contributed by atoms with Crippen molar-refractivity contribution in [1.29, 1.82) is 0 Å². The lowest BCUT2D eigenvalue weighted by Gasteiger charge is -2.14. The van der Waals surface area contributed by atoms with Crippen LogP contribution < -0.4 is 10.6 Å². The quantitative estimate of drug-likeness (QED) is 0.535. The molecular weight excluding hydrogens is 238 g/mol. The smallest absolute Gasteiger partial charge is 0.315 e. The first-order chi connectivity index (χ1) is 8.47. The molecule has 0 aromatic heterocycles. The van der Waals surface area contributed by atoms with Gasteiger partial charge in [-0.2, -0.15) is 0 Å². The van der Waals surface area contributed by atoms with Gasteiger partial charge in [-0.15, -0.1) is 0 Å². The van der Waals surface area contributed by atoms with E-state index >= 15 is 0 Å². The Morgan fingerprint density at radius 1 is 1.17 bits per heavy atom. The number of unbranched alkanes of at least 4 members (excludes halogenated alkanes) is 1. The number of nitrogens with one attached hydrogen (secondary N) is 2. The van der Waals surface area contributed by atoms with Gasteiger partial charge in [0.15, 0.2) is 0 Å². The number of urea groups is 1. The molecule has 0 aliphatic rings. The topological polar surface area (TPSA) is 98.7 Å². The van der Waals surface area contributed by atoms with Crippen LogP contribution in [0.5, 0.6) is 0 Å². The summed E-state index contributed by atoms with van der Waals surface area (Å²) < 4.78 is 0. The van der Waals surface area contributed by atoms with Crippen LogP contribution in [0, 0.1) is 0 Å². The molecule has 3 amide bonds. The summed E-state index contributed by atoms with van der Waals surface area (Å²) in [6.45, 7) is 2.81. The number of rotatable bonds is 8. The minimum atomic E-state index is -0.840. The molecule has 0 saturated carbocycles. The van der Waals surface area contributed by atoms with Gasteiger partial charge in [-0.25, -0.2) is 4.79 Å². The van der Waals surface area contributed by atoms with Crippen LogP contribution in [0.25, 0.3) is 0 Å². The number of amides is 3. The number of carboxylic acid groups (broad SMARTS) is 1. The number of aliphatic carboxylic acids is 1. The predicted octanol–water partition coefficient (Wildman–Crippen LogP) is 0.0188. The maximum absolute atomic E-state index is 11.3. The summed E-state index contributed by atoms with van der Waals surface area (Å²) in [6, 6.07) is -0.414. The molecule has 0 atom stereocenters. The summed E-state index contributed by atoms with van der Waals surface area (Å²) >= 11 is 0. The molecule has 7 heteroatoms.